The Morgan fingerprint density at radius 2 is 1.76 bits per heavy atom. The van der Waals surface area contributed by atoms with Gasteiger partial charge in [0.2, 0.25) is 0 Å². The lowest BCUT2D eigenvalue weighted by Crippen LogP contribution is -2.49. The maximum absolute atomic E-state index is 13.1. The molecule has 2 amide bonds. The molecule has 25 heavy (non-hydrogen) atoms. The first-order valence-corrected chi connectivity index (χ1v) is 9.40. The zero-order valence-corrected chi connectivity index (χ0v) is 15.9. The normalized spacial score (nSPS) is 17.7. The molecule has 1 aromatic carbocycles. The van der Waals surface area contributed by atoms with E-state index in [0.717, 1.165) is 38.0 Å². The second-order valence-electron chi connectivity index (χ2n) is 7.86. The Kier molecular flexibility index (Phi) is 7.24. The number of halogens is 1. The van der Waals surface area contributed by atoms with Crippen molar-refractivity contribution in [3.05, 3.63) is 35.6 Å². The van der Waals surface area contributed by atoms with E-state index >= 15 is 0 Å². The van der Waals surface area contributed by atoms with E-state index in [1.165, 1.54) is 12.1 Å². The summed E-state index contributed by atoms with van der Waals surface area (Å²) in [5.41, 5.74) is 0.929. The van der Waals surface area contributed by atoms with Crippen molar-refractivity contribution in [3.63, 3.8) is 0 Å². The molecular formula is C20H32FN3O. The van der Waals surface area contributed by atoms with Crippen LogP contribution in [0.15, 0.2) is 24.3 Å². The molecule has 1 aromatic rings. The van der Waals surface area contributed by atoms with E-state index in [0.29, 0.717) is 5.92 Å². The molecule has 1 saturated heterocycles. The quantitative estimate of drug-likeness (QED) is 0.817. The van der Waals surface area contributed by atoms with Crippen LogP contribution in [0.5, 0.6) is 0 Å². The SMILES string of the molecule is CC(C)CN1CCC(NC(=O)N[C@@H](c2ccc(F)cc2)C(C)C)CC1. The van der Waals surface area contributed by atoms with Gasteiger partial charge in [-0.1, -0.05) is 39.8 Å². The van der Waals surface area contributed by atoms with Gasteiger partial charge in [0.15, 0.2) is 0 Å². The van der Waals surface area contributed by atoms with Crippen LogP contribution in [-0.4, -0.2) is 36.6 Å². The Labute approximate surface area is 151 Å². The van der Waals surface area contributed by atoms with E-state index in [4.69, 9.17) is 0 Å². The molecular weight excluding hydrogens is 317 g/mol. The molecule has 0 aliphatic carbocycles. The minimum Gasteiger partial charge on any atom is -0.335 e. The third-order valence-corrected chi connectivity index (χ3v) is 4.73. The second-order valence-corrected chi connectivity index (χ2v) is 7.86. The largest absolute Gasteiger partial charge is 0.335 e. The van der Waals surface area contributed by atoms with E-state index in [-0.39, 0.29) is 29.8 Å². The molecule has 0 radical (unpaired) electrons. The van der Waals surface area contributed by atoms with Gasteiger partial charge in [-0.15, -0.1) is 0 Å². The van der Waals surface area contributed by atoms with Crippen LogP contribution in [0.4, 0.5) is 9.18 Å². The number of carbonyl (C=O) groups is 1. The number of urea groups is 1. The van der Waals surface area contributed by atoms with Gasteiger partial charge in [0.25, 0.3) is 0 Å². The Bertz CT molecular complexity index is 536. The summed E-state index contributed by atoms with van der Waals surface area (Å²) in [6.07, 6.45) is 1.98. The maximum atomic E-state index is 13.1. The summed E-state index contributed by atoms with van der Waals surface area (Å²) in [7, 11) is 0. The van der Waals surface area contributed by atoms with Crippen molar-refractivity contribution in [1.29, 1.82) is 0 Å². The van der Waals surface area contributed by atoms with Gasteiger partial charge in [-0.25, -0.2) is 9.18 Å². The van der Waals surface area contributed by atoms with Gasteiger partial charge < -0.3 is 15.5 Å². The van der Waals surface area contributed by atoms with Crippen LogP contribution >= 0.6 is 0 Å². The number of nitrogens with one attached hydrogen (secondary N) is 2. The van der Waals surface area contributed by atoms with E-state index in [9.17, 15) is 9.18 Å². The summed E-state index contributed by atoms with van der Waals surface area (Å²) in [5, 5.41) is 6.17. The standard InChI is InChI=1S/C20H32FN3O/c1-14(2)13-24-11-9-18(10-12-24)22-20(25)23-19(15(3)4)16-5-7-17(21)8-6-16/h5-8,14-15,18-19H,9-13H2,1-4H3,(H2,22,23,25)/t19-/m1/s1. The highest BCUT2D eigenvalue weighted by Crippen LogP contribution is 2.22. The maximum Gasteiger partial charge on any atom is 0.315 e. The molecule has 5 heteroatoms. The lowest BCUT2D eigenvalue weighted by atomic mass is 9.96. The number of amides is 2. The summed E-state index contributed by atoms with van der Waals surface area (Å²) < 4.78 is 13.1. The average molecular weight is 349 g/mol. The van der Waals surface area contributed by atoms with Gasteiger partial charge in [0, 0.05) is 25.7 Å². The highest BCUT2D eigenvalue weighted by molar-refractivity contribution is 5.74. The predicted octanol–water partition coefficient (Wildman–Crippen LogP) is 3.94. The molecule has 1 aliphatic heterocycles. The van der Waals surface area contributed by atoms with E-state index in [1.54, 1.807) is 12.1 Å². The first-order chi connectivity index (χ1) is 11.8. The Balaban J connectivity index is 1.85. The zero-order valence-electron chi connectivity index (χ0n) is 15.9. The van der Waals surface area contributed by atoms with Gasteiger partial charge in [0.05, 0.1) is 6.04 Å². The molecule has 1 aliphatic rings. The van der Waals surface area contributed by atoms with Crippen LogP contribution in [-0.2, 0) is 0 Å². The number of likely N-dealkylation sites (tertiary alicyclic amines) is 1. The summed E-state index contributed by atoms with van der Waals surface area (Å²) in [6, 6.07) is 6.33. The van der Waals surface area contributed by atoms with Gasteiger partial charge in [-0.3, -0.25) is 0 Å². The minimum atomic E-state index is -0.260. The highest BCUT2D eigenvalue weighted by Gasteiger charge is 2.23. The van der Waals surface area contributed by atoms with Crippen LogP contribution in [0.25, 0.3) is 0 Å². The Morgan fingerprint density at radius 3 is 2.28 bits per heavy atom. The van der Waals surface area contributed by atoms with E-state index < -0.39 is 0 Å². The van der Waals surface area contributed by atoms with Crippen LogP contribution in [0, 0.1) is 17.7 Å². The predicted molar refractivity (Wildman–Crippen MR) is 99.9 cm³/mol. The molecule has 0 spiro atoms. The van der Waals surface area contributed by atoms with Crippen molar-refractivity contribution < 1.29 is 9.18 Å². The fraction of sp³-hybridized carbons (Fsp3) is 0.650. The molecule has 0 bridgehead atoms. The average Bonchev–Trinajstić information content (AvgIpc) is 2.55. The van der Waals surface area contributed by atoms with Crippen molar-refractivity contribution in [2.75, 3.05) is 19.6 Å². The topological polar surface area (TPSA) is 44.4 Å². The van der Waals surface area contributed by atoms with E-state index in [1.807, 2.05) is 0 Å². The van der Waals surface area contributed by atoms with Crippen LogP contribution < -0.4 is 10.6 Å². The number of carbonyl (C=O) groups excluding carboxylic acids is 1. The number of rotatable bonds is 6. The number of piperidine rings is 1. The zero-order chi connectivity index (χ0) is 18.4. The van der Waals surface area contributed by atoms with Crippen molar-refractivity contribution in [2.45, 2.75) is 52.6 Å². The molecule has 1 atom stereocenters. The number of hydrogen-bond acceptors (Lipinski definition) is 2. The van der Waals surface area contributed by atoms with Crippen molar-refractivity contribution in [3.8, 4) is 0 Å². The molecule has 4 nitrogen and oxygen atoms in total. The smallest absolute Gasteiger partial charge is 0.315 e. The fourth-order valence-corrected chi connectivity index (χ4v) is 3.45. The van der Waals surface area contributed by atoms with Gasteiger partial charge in [-0.2, -0.15) is 0 Å². The fourth-order valence-electron chi connectivity index (χ4n) is 3.45. The Hall–Kier alpha value is -1.62. The molecule has 140 valence electrons. The molecule has 2 rings (SSSR count). The van der Waals surface area contributed by atoms with Crippen LogP contribution in [0.1, 0.15) is 52.1 Å². The second kappa shape index (κ2) is 9.18. The number of benzene rings is 1. The van der Waals surface area contributed by atoms with Crippen molar-refractivity contribution >= 4 is 6.03 Å². The summed E-state index contributed by atoms with van der Waals surface area (Å²) in [6.45, 7) is 11.8. The Morgan fingerprint density at radius 1 is 1.16 bits per heavy atom. The first kappa shape index (κ1) is 19.7. The van der Waals surface area contributed by atoms with Gasteiger partial charge in [-0.05, 0) is 42.4 Å². The van der Waals surface area contributed by atoms with Crippen LogP contribution in [0.2, 0.25) is 0 Å². The molecule has 0 saturated carbocycles. The molecule has 2 N–H and O–H groups in total. The van der Waals surface area contributed by atoms with Gasteiger partial charge in [0.1, 0.15) is 5.82 Å². The van der Waals surface area contributed by atoms with Gasteiger partial charge >= 0.3 is 6.03 Å². The summed E-state index contributed by atoms with van der Waals surface area (Å²) in [4.78, 5) is 14.9. The summed E-state index contributed by atoms with van der Waals surface area (Å²) >= 11 is 0. The monoisotopic (exact) mass is 349 g/mol. The summed E-state index contributed by atoms with van der Waals surface area (Å²) in [5.74, 6) is 0.642. The van der Waals surface area contributed by atoms with Crippen molar-refractivity contribution in [1.82, 2.24) is 15.5 Å². The van der Waals surface area contributed by atoms with E-state index in [2.05, 4.69) is 43.2 Å². The highest BCUT2D eigenvalue weighted by atomic mass is 19.1. The molecule has 0 unspecified atom stereocenters. The molecule has 1 heterocycles. The molecule has 0 aromatic heterocycles. The minimum absolute atomic E-state index is 0.123. The first-order valence-electron chi connectivity index (χ1n) is 9.40. The lowest BCUT2D eigenvalue weighted by Gasteiger charge is -2.33. The number of nitrogens with zero attached hydrogens (tertiary/aromatic N) is 1. The van der Waals surface area contributed by atoms with Crippen LogP contribution in [0.3, 0.4) is 0 Å². The number of hydrogen-bond donors (Lipinski definition) is 2. The third kappa shape index (κ3) is 6.31. The van der Waals surface area contributed by atoms with Crippen molar-refractivity contribution in [2.24, 2.45) is 11.8 Å². The molecule has 1 fully saturated rings. The lowest BCUT2D eigenvalue weighted by molar-refractivity contribution is 0.176. The third-order valence-electron chi connectivity index (χ3n) is 4.73.